The summed E-state index contributed by atoms with van der Waals surface area (Å²) in [6.07, 6.45) is 5.75. The average molecular weight is 281 g/mol. The largest absolute Gasteiger partial charge is 0.311 e. The van der Waals surface area contributed by atoms with Crippen molar-refractivity contribution in [3.63, 3.8) is 0 Å². The van der Waals surface area contributed by atoms with Crippen molar-refractivity contribution >= 4 is 11.8 Å². The number of piperidine rings is 1. The highest BCUT2D eigenvalue weighted by Gasteiger charge is 2.22. The smallest absolute Gasteiger partial charge is 0.251 e. The van der Waals surface area contributed by atoms with Crippen LogP contribution < -0.4 is 5.56 Å². The second-order valence-electron chi connectivity index (χ2n) is 5.24. The van der Waals surface area contributed by atoms with Gasteiger partial charge in [-0.1, -0.05) is 0 Å². The molecule has 0 amide bonds. The number of aryl methyl sites for hydroxylation is 1. The number of likely N-dealkylation sites (tertiary alicyclic amines) is 1. The summed E-state index contributed by atoms with van der Waals surface area (Å²) in [5.41, 5.74) is 0.942. The monoisotopic (exact) mass is 281 g/mol. The van der Waals surface area contributed by atoms with Crippen molar-refractivity contribution in [2.24, 2.45) is 0 Å². The quantitative estimate of drug-likeness (QED) is 0.839. The van der Waals surface area contributed by atoms with E-state index in [0.717, 1.165) is 24.5 Å². The number of nitrogens with one attached hydrogen (secondary N) is 1. The fourth-order valence-corrected chi connectivity index (χ4v) is 3.16. The lowest BCUT2D eigenvalue weighted by Crippen LogP contribution is -2.36. The molecule has 2 rings (SSSR count). The van der Waals surface area contributed by atoms with Crippen LogP contribution in [0.2, 0.25) is 0 Å². The molecular formula is C14H23N3OS. The number of H-pyrrole nitrogens is 1. The number of aromatic nitrogens is 2. The normalized spacial score (nSPS) is 20.6. The summed E-state index contributed by atoms with van der Waals surface area (Å²) in [6.45, 7) is 5.25. The summed E-state index contributed by atoms with van der Waals surface area (Å²) in [7, 11) is 0. The van der Waals surface area contributed by atoms with Gasteiger partial charge in [0.05, 0.1) is 5.69 Å². The Morgan fingerprint density at radius 2 is 2.42 bits per heavy atom. The molecular weight excluding hydrogens is 258 g/mol. The Balaban J connectivity index is 1.98. The maximum absolute atomic E-state index is 11.5. The number of hydrogen-bond acceptors (Lipinski definition) is 4. The third-order valence-corrected chi connectivity index (χ3v) is 4.32. The third kappa shape index (κ3) is 4.35. The van der Waals surface area contributed by atoms with Crippen LogP contribution >= 0.6 is 11.8 Å². The summed E-state index contributed by atoms with van der Waals surface area (Å²) in [4.78, 5) is 21.3. The van der Waals surface area contributed by atoms with Crippen LogP contribution in [0.5, 0.6) is 0 Å². The maximum atomic E-state index is 11.5. The van der Waals surface area contributed by atoms with Crippen LogP contribution in [0.4, 0.5) is 0 Å². The Labute approximate surface area is 119 Å². The zero-order chi connectivity index (χ0) is 13.7. The van der Waals surface area contributed by atoms with E-state index in [9.17, 15) is 4.79 Å². The first-order chi connectivity index (χ1) is 9.19. The molecule has 2 heterocycles. The number of thioether (sulfide) groups is 1. The predicted octanol–water partition coefficient (Wildman–Crippen LogP) is 2.01. The Bertz CT molecular complexity index is 460. The molecule has 1 aliphatic rings. The van der Waals surface area contributed by atoms with Gasteiger partial charge in [-0.2, -0.15) is 11.8 Å². The van der Waals surface area contributed by atoms with Crippen LogP contribution in [0, 0.1) is 6.92 Å². The molecule has 4 nitrogen and oxygen atoms in total. The molecule has 19 heavy (non-hydrogen) atoms. The van der Waals surface area contributed by atoms with E-state index < -0.39 is 0 Å². The Morgan fingerprint density at radius 1 is 1.58 bits per heavy atom. The zero-order valence-corrected chi connectivity index (χ0v) is 12.6. The predicted molar refractivity (Wildman–Crippen MR) is 81.0 cm³/mol. The lowest BCUT2D eigenvalue weighted by molar-refractivity contribution is 0.207. The van der Waals surface area contributed by atoms with Gasteiger partial charge in [0.2, 0.25) is 0 Å². The Morgan fingerprint density at radius 3 is 3.16 bits per heavy atom. The summed E-state index contributed by atoms with van der Waals surface area (Å²) in [5.74, 6) is 2.37. The van der Waals surface area contributed by atoms with E-state index >= 15 is 0 Å². The van der Waals surface area contributed by atoms with E-state index in [4.69, 9.17) is 0 Å². The van der Waals surface area contributed by atoms with Gasteiger partial charge in [-0.3, -0.25) is 4.79 Å². The minimum absolute atomic E-state index is 0.0259. The van der Waals surface area contributed by atoms with Crippen molar-refractivity contribution in [2.75, 3.05) is 31.6 Å². The Kier molecular flexibility index (Phi) is 5.45. The standard InChI is InChI=1S/C14H23N3OS/c1-11-15-13(9-14(18)16-11)12-5-3-6-17(10-12)7-4-8-19-2/h9,12H,3-8,10H2,1-2H3,(H,15,16,18). The summed E-state index contributed by atoms with van der Waals surface area (Å²) >= 11 is 1.91. The molecule has 1 aliphatic heterocycles. The average Bonchev–Trinajstić information content (AvgIpc) is 2.38. The molecule has 0 aliphatic carbocycles. The van der Waals surface area contributed by atoms with Gasteiger partial charge < -0.3 is 9.88 Å². The molecule has 106 valence electrons. The van der Waals surface area contributed by atoms with Crippen molar-refractivity contribution in [3.05, 3.63) is 27.9 Å². The van der Waals surface area contributed by atoms with Crippen molar-refractivity contribution < 1.29 is 0 Å². The van der Waals surface area contributed by atoms with Crippen LogP contribution in [-0.4, -0.2) is 46.5 Å². The van der Waals surface area contributed by atoms with E-state index in [1.54, 1.807) is 6.07 Å². The molecule has 0 saturated carbocycles. The molecule has 1 N–H and O–H groups in total. The fraction of sp³-hybridized carbons (Fsp3) is 0.714. The second kappa shape index (κ2) is 7.10. The molecule has 0 radical (unpaired) electrons. The van der Waals surface area contributed by atoms with Gasteiger partial charge in [-0.15, -0.1) is 0 Å². The van der Waals surface area contributed by atoms with Gasteiger partial charge in [0, 0.05) is 18.5 Å². The van der Waals surface area contributed by atoms with Gasteiger partial charge >= 0.3 is 0 Å². The lowest BCUT2D eigenvalue weighted by atomic mass is 9.94. The van der Waals surface area contributed by atoms with Crippen LogP contribution in [0.15, 0.2) is 10.9 Å². The number of hydrogen-bond donors (Lipinski definition) is 1. The van der Waals surface area contributed by atoms with Gasteiger partial charge in [0.1, 0.15) is 5.82 Å². The van der Waals surface area contributed by atoms with E-state index in [2.05, 4.69) is 21.1 Å². The first-order valence-electron chi connectivity index (χ1n) is 6.98. The maximum Gasteiger partial charge on any atom is 0.251 e. The second-order valence-corrected chi connectivity index (χ2v) is 6.23. The lowest BCUT2D eigenvalue weighted by Gasteiger charge is -2.32. The zero-order valence-electron chi connectivity index (χ0n) is 11.8. The number of rotatable bonds is 5. The van der Waals surface area contributed by atoms with Crippen molar-refractivity contribution in [2.45, 2.75) is 32.1 Å². The number of aromatic amines is 1. The molecule has 5 heteroatoms. The molecule has 1 saturated heterocycles. The third-order valence-electron chi connectivity index (χ3n) is 3.63. The fourth-order valence-electron chi connectivity index (χ4n) is 2.74. The highest BCUT2D eigenvalue weighted by molar-refractivity contribution is 7.98. The summed E-state index contributed by atoms with van der Waals surface area (Å²) < 4.78 is 0. The van der Waals surface area contributed by atoms with Gasteiger partial charge in [-0.05, 0) is 51.3 Å². The Hall–Kier alpha value is -0.810. The minimum atomic E-state index is -0.0259. The van der Waals surface area contributed by atoms with Crippen LogP contribution in [0.1, 0.15) is 36.7 Å². The van der Waals surface area contributed by atoms with E-state index in [0.29, 0.717) is 5.92 Å². The summed E-state index contributed by atoms with van der Waals surface area (Å²) in [5, 5.41) is 0. The molecule has 1 aromatic heterocycles. The first kappa shape index (κ1) is 14.6. The first-order valence-corrected chi connectivity index (χ1v) is 8.37. The molecule has 1 aromatic rings. The topological polar surface area (TPSA) is 49.0 Å². The van der Waals surface area contributed by atoms with E-state index in [1.165, 1.54) is 31.7 Å². The van der Waals surface area contributed by atoms with Crippen molar-refractivity contribution in [1.29, 1.82) is 0 Å². The van der Waals surface area contributed by atoms with E-state index in [1.807, 2.05) is 18.7 Å². The summed E-state index contributed by atoms with van der Waals surface area (Å²) in [6, 6.07) is 1.67. The van der Waals surface area contributed by atoms with Crippen molar-refractivity contribution in [1.82, 2.24) is 14.9 Å². The molecule has 0 bridgehead atoms. The van der Waals surface area contributed by atoms with Crippen LogP contribution in [-0.2, 0) is 0 Å². The van der Waals surface area contributed by atoms with Gasteiger partial charge in [-0.25, -0.2) is 4.98 Å². The van der Waals surface area contributed by atoms with E-state index in [-0.39, 0.29) is 5.56 Å². The van der Waals surface area contributed by atoms with Crippen LogP contribution in [0.25, 0.3) is 0 Å². The molecule has 0 aromatic carbocycles. The SMILES string of the molecule is CSCCCN1CCCC(c2cc(=O)[nH]c(C)n2)C1. The van der Waals surface area contributed by atoms with Crippen molar-refractivity contribution in [3.8, 4) is 0 Å². The van der Waals surface area contributed by atoms with Crippen LogP contribution in [0.3, 0.4) is 0 Å². The minimum Gasteiger partial charge on any atom is -0.311 e. The number of nitrogens with zero attached hydrogens (tertiary/aromatic N) is 2. The van der Waals surface area contributed by atoms with Gasteiger partial charge in [0.15, 0.2) is 0 Å². The molecule has 0 spiro atoms. The molecule has 1 unspecified atom stereocenters. The van der Waals surface area contributed by atoms with Gasteiger partial charge in [0.25, 0.3) is 5.56 Å². The molecule has 1 fully saturated rings. The highest BCUT2D eigenvalue weighted by atomic mass is 32.2. The molecule has 1 atom stereocenters. The highest BCUT2D eigenvalue weighted by Crippen LogP contribution is 2.24.